The summed E-state index contributed by atoms with van der Waals surface area (Å²) >= 11 is 0. The molecule has 1 saturated heterocycles. The summed E-state index contributed by atoms with van der Waals surface area (Å²) in [6.07, 6.45) is 3.68. The van der Waals surface area contributed by atoms with Crippen molar-refractivity contribution in [2.45, 2.75) is 32.2 Å². The number of nitrogens with zero attached hydrogens (tertiary/aromatic N) is 2. The molecule has 0 radical (unpaired) electrons. The average molecular weight is 229 g/mol. The molecule has 1 aromatic rings. The normalized spacial score (nSPS) is 20.1. The van der Waals surface area contributed by atoms with E-state index in [9.17, 15) is 0 Å². The molecule has 90 valence electrons. The molecule has 1 heterocycles. The van der Waals surface area contributed by atoms with Crippen molar-refractivity contribution in [3.8, 4) is 6.07 Å². The zero-order chi connectivity index (χ0) is 12.3. The number of anilines is 1. The molecular weight excluding hydrogens is 210 g/mol. The maximum Gasteiger partial charge on any atom is 0.0994 e. The van der Waals surface area contributed by atoms with Crippen LogP contribution in [-0.2, 0) is 0 Å². The van der Waals surface area contributed by atoms with Crippen LogP contribution in [0.4, 0.5) is 5.69 Å². The molecule has 0 amide bonds. The van der Waals surface area contributed by atoms with Crippen molar-refractivity contribution >= 4 is 5.69 Å². The van der Waals surface area contributed by atoms with Gasteiger partial charge in [-0.25, -0.2) is 0 Å². The molecule has 0 aromatic heterocycles. The van der Waals surface area contributed by atoms with Crippen molar-refractivity contribution in [2.75, 3.05) is 18.0 Å². The van der Waals surface area contributed by atoms with Gasteiger partial charge in [0, 0.05) is 24.8 Å². The van der Waals surface area contributed by atoms with Crippen LogP contribution in [0.3, 0.4) is 0 Å². The van der Waals surface area contributed by atoms with E-state index in [1.165, 1.54) is 24.9 Å². The Morgan fingerprint density at radius 2 is 2.29 bits per heavy atom. The Hall–Kier alpha value is -1.53. The van der Waals surface area contributed by atoms with E-state index < -0.39 is 0 Å². The van der Waals surface area contributed by atoms with Crippen molar-refractivity contribution in [3.05, 3.63) is 29.3 Å². The molecule has 1 fully saturated rings. The van der Waals surface area contributed by atoms with Crippen LogP contribution in [0.15, 0.2) is 18.2 Å². The molecule has 0 aliphatic carbocycles. The van der Waals surface area contributed by atoms with Gasteiger partial charge in [0.2, 0.25) is 0 Å². The van der Waals surface area contributed by atoms with Gasteiger partial charge in [-0.2, -0.15) is 5.26 Å². The maximum atomic E-state index is 8.93. The van der Waals surface area contributed by atoms with Crippen molar-refractivity contribution in [3.63, 3.8) is 0 Å². The van der Waals surface area contributed by atoms with Gasteiger partial charge >= 0.3 is 0 Å². The van der Waals surface area contributed by atoms with Gasteiger partial charge in [0.15, 0.2) is 0 Å². The first kappa shape index (κ1) is 11.9. The minimum Gasteiger partial charge on any atom is -0.367 e. The molecule has 2 rings (SSSR count). The molecule has 0 spiro atoms. The third-order valence-electron chi connectivity index (χ3n) is 3.56. The second-order valence-corrected chi connectivity index (χ2v) is 4.69. The number of piperidine rings is 1. The molecule has 1 unspecified atom stereocenters. The van der Waals surface area contributed by atoms with Gasteiger partial charge < -0.3 is 10.6 Å². The lowest BCUT2D eigenvalue weighted by Gasteiger charge is -2.37. The van der Waals surface area contributed by atoms with E-state index in [-0.39, 0.29) is 0 Å². The molecule has 2 N–H and O–H groups in total. The lowest BCUT2D eigenvalue weighted by molar-refractivity contribution is 0.465. The SMILES string of the molecule is Cc1cc(N2CCCCC2CN)ccc1C#N. The molecule has 0 bridgehead atoms. The standard InChI is InChI=1S/C14H19N3/c1-11-8-13(6-5-12(11)9-15)17-7-3-2-4-14(17)10-16/h5-6,8,14H,2-4,7,10,16H2,1H3. The molecule has 3 heteroatoms. The number of aryl methyl sites for hydroxylation is 1. The summed E-state index contributed by atoms with van der Waals surface area (Å²) in [6, 6.07) is 8.72. The quantitative estimate of drug-likeness (QED) is 0.845. The lowest BCUT2D eigenvalue weighted by atomic mass is 10.00. The van der Waals surface area contributed by atoms with Gasteiger partial charge in [-0.1, -0.05) is 0 Å². The Bertz CT molecular complexity index is 434. The van der Waals surface area contributed by atoms with Crippen molar-refractivity contribution in [1.29, 1.82) is 5.26 Å². The molecule has 1 aliphatic heterocycles. The zero-order valence-electron chi connectivity index (χ0n) is 10.3. The monoisotopic (exact) mass is 229 g/mol. The first-order chi connectivity index (χ1) is 8.26. The molecule has 3 nitrogen and oxygen atoms in total. The Morgan fingerprint density at radius 3 is 2.94 bits per heavy atom. The van der Waals surface area contributed by atoms with Crippen molar-refractivity contribution < 1.29 is 0 Å². The van der Waals surface area contributed by atoms with Gasteiger partial charge in [0.05, 0.1) is 11.6 Å². The molecule has 1 aromatic carbocycles. The fourth-order valence-electron chi connectivity index (χ4n) is 2.54. The van der Waals surface area contributed by atoms with Gasteiger partial charge in [0.1, 0.15) is 0 Å². The van der Waals surface area contributed by atoms with Crippen molar-refractivity contribution in [2.24, 2.45) is 5.73 Å². The first-order valence-electron chi connectivity index (χ1n) is 6.23. The highest BCUT2D eigenvalue weighted by molar-refractivity contribution is 5.54. The molecule has 0 saturated carbocycles. The van der Waals surface area contributed by atoms with E-state index >= 15 is 0 Å². The Morgan fingerprint density at radius 1 is 1.47 bits per heavy atom. The van der Waals surface area contributed by atoms with Crippen LogP contribution in [0.5, 0.6) is 0 Å². The zero-order valence-corrected chi connectivity index (χ0v) is 10.3. The Balaban J connectivity index is 2.26. The summed E-state index contributed by atoms with van der Waals surface area (Å²) in [6.45, 7) is 3.77. The van der Waals surface area contributed by atoms with Crippen LogP contribution in [0.2, 0.25) is 0 Å². The second kappa shape index (κ2) is 5.20. The molecule has 1 aliphatic rings. The van der Waals surface area contributed by atoms with E-state index in [4.69, 9.17) is 11.0 Å². The summed E-state index contributed by atoms with van der Waals surface area (Å²) in [7, 11) is 0. The third-order valence-corrected chi connectivity index (χ3v) is 3.56. The molecular formula is C14H19N3. The van der Waals surface area contributed by atoms with Gasteiger partial charge in [-0.05, 0) is 49.9 Å². The van der Waals surface area contributed by atoms with Crippen LogP contribution in [0.25, 0.3) is 0 Å². The molecule has 1 atom stereocenters. The highest BCUT2D eigenvalue weighted by atomic mass is 15.2. The van der Waals surface area contributed by atoms with Crippen LogP contribution in [0, 0.1) is 18.3 Å². The van der Waals surface area contributed by atoms with E-state index in [0.29, 0.717) is 12.6 Å². The van der Waals surface area contributed by atoms with Crippen LogP contribution in [-0.4, -0.2) is 19.1 Å². The Labute approximate surface area is 103 Å². The van der Waals surface area contributed by atoms with Gasteiger partial charge in [-0.15, -0.1) is 0 Å². The summed E-state index contributed by atoms with van der Waals surface area (Å²) in [4.78, 5) is 2.39. The smallest absolute Gasteiger partial charge is 0.0994 e. The first-order valence-corrected chi connectivity index (χ1v) is 6.23. The van der Waals surface area contributed by atoms with Crippen LogP contribution in [0.1, 0.15) is 30.4 Å². The van der Waals surface area contributed by atoms with Crippen LogP contribution >= 0.6 is 0 Å². The number of rotatable bonds is 2. The third kappa shape index (κ3) is 2.42. The summed E-state index contributed by atoms with van der Waals surface area (Å²) in [5, 5.41) is 8.93. The van der Waals surface area contributed by atoms with Gasteiger partial charge in [-0.3, -0.25) is 0 Å². The summed E-state index contributed by atoms with van der Waals surface area (Å²) in [5.41, 5.74) is 8.84. The minimum atomic E-state index is 0.455. The molecule has 17 heavy (non-hydrogen) atoms. The van der Waals surface area contributed by atoms with Gasteiger partial charge in [0.25, 0.3) is 0 Å². The summed E-state index contributed by atoms with van der Waals surface area (Å²) < 4.78 is 0. The number of hydrogen-bond acceptors (Lipinski definition) is 3. The number of hydrogen-bond donors (Lipinski definition) is 1. The van der Waals surface area contributed by atoms with Crippen molar-refractivity contribution in [1.82, 2.24) is 0 Å². The average Bonchev–Trinajstić information content (AvgIpc) is 2.38. The highest BCUT2D eigenvalue weighted by Crippen LogP contribution is 2.26. The fraction of sp³-hybridized carbons (Fsp3) is 0.500. The summed E-state index contributed by atoms with van der Waals surface area (Å²) in [5.74, 6) is 0. The fourth-order valence-corrected chi connectivity index (χ4v) is 2.54. The minimum absolute atomic E-state index is 0.455. The van der Waals surface area contributed by atoms with E-state index in [0.717, 1.165) is 17.7 Å². The van der Waals surface area contributed by atoms with E-state index in [2.05, 4.69) is 17.0 Å². The highest BCUT2D eigenvalue weighted by Gasteiger charge is 2.21. The van der Waals surface area contributed by atoms with Crippen LogP contribution < -0.4 is 10.6 Å². The predicted molar refractivity (Wildman–Crippen MR) is 69.9 cm³/mol. The maximum absolute atomic E-state index is 8.93. The second-order valence-electron chi connectivity index (χ2n) is 4.69. The number of nitriles is 1. The predicted octanol–water partition coefficient (Wildman–Crippen LogP) is 2.18. The number of nitrogens with two attached hydrogens (primary N) is 1. The number of benzene rings is 1. The van der Waals surface area contributed by atoms with E-state index in [1.807, 2.05) is 19.1 Å². The topological polar surface area (TPSA) is 53.0 Å². The lowest BCUT2D eigenvalue weighted by Crippen LogP contribution is -2.44. The van der Waals surface area contributed by atoms with E-state index in [1.54, 1.807) is 0 Å². The largest absolute Gasteiger partial charge is 0.367 e. The Kier molecular flexibility index (Phi) is 3.65.